The van der Waals surface area contributed by atoms with Crippen molar-refractivity contribution in [2.24, 2.45) is 11.8 Å². The Bertz CT molecular complexity index is 235. The zero-order chi connectivity index (χ0) is 12.3. The van der Waals surface area contributed by atoms with Crippen LogP contribution in [0.2, 0.25) is 0 Å². The summed E-state index contributed by atoms with van der Waals surface area (Å²) in [4.78, 5) is 12.8. The second kappa shape index (κ2) is 6.11. The number of hydrogen-bond donors (Lipinski definition) is 0. The van der Waals surface area contributed by atoms with Crippen LogP contribution in [0.4, 0.5) is 0 Å². The Kier molecular flexibility index (Phi) is 5.39. The van der Waals surface area contributed by atoms with Crippen LogP contribution in [0.5, 0.6) is 0 Å². The van der Waals surface area contributed by atoms with E-state index in [4.69, 9.17) is 23.2 Å². The van der Waals surface area contributed by atoms with Gasteiger partial charge in [0.2, 0.25) is 0 Å². The molecule has 0 saturated heterocycles. The minimum absolute atomic E-state index is 0.142. The number of hydrogen-bond acceptors (Lipinski definition) is 1. The standard InChI is InChI=1S/C12H21Cl2NO/c1-4-15(12(16)11(13)14)10-6-8(2)5-9(3)7-10/h8-11H,4-7H2,1-3H3. The first kappa shape index (κ1) is 14.1. The van der Waals surface area contributed by atoms with Gasteiger partial charge in [0.1, 0.15) is 0 Å². The number of nitrogens with zero attached hydrogens (tertiary/aromatic N) is 1. The highest BCUT2D eigenvalue weighted by Crippen LogP contribution is 2.32. The molecule has 1 rings (SSSR count). The smallest absolute Gasteiger partial charge is 0.256 e. The number of carbonyl (C=O) groups is 1. The maximum atomic E-state index is 11.8. The molecule has 0 aliphatic heterocycles. The molecule has 1 aliphatic carbocycles. The van der Waals surface area contributed by atoms with E-state index in [1.807, 2.05) is 11.8 Å². The molecule has 0 spiro atoms. The number of amides is 1. The summed E-state index contributed by atoms with van der Waals surface area (Å²) in [5.41, 5.74) is 0. The molecule has 94 valence electrons. The molecule has 2 nitrogen and oxygen atoms in total. The van der Waals surface area contributed by atoms with Gasteiger partial charge in [-0.2, -0.15) is 0 Å². The van der Waals surface area contributed by atoms with Crippen molar-refractivity contribution in [2.45, 2.75) is 50.9 Å². The van der Waals surface area contributed by atoms with E-state index in [2.05, 4.69) is 13.8 Å². The molecule has 0 aromatic carbocycles. The maximum Gasteiger partial charge on any atom is 0.256 e. The Balaban J connectivity index is 2.68. The summed E-state index contributed by atoms with van der Waals surface area (Å²) in [6, 6.07) is 0.316. The van der Waals surface area contributed by atoms with Gasteiger partial charge in [0.15, 0.2) is 4.84 Å². The summed E-state index contributed by atoms with van der Waals surface area (Å²) in [5, 5.41) is 0. The number of carbonyl (C=O) groups excluding carboxylic acids is 1. The van der Waals surface area contributed by atoms with Gasteiger partial charge < -0.3 is 4.90 Å². The molecule has 4 heteroatoms. The van der Waals surface area contributed by atoms with E-state index in [9.17, 15) is 4.79 Å². The number of alkyl halides is 2. The summed E-state index contributed by atoms with van der Waals surface area (Å²) in [5.74, 6) is 1.22. The molecule has 1 fully saturated rings. The normalized spacial score (nSPS) is 30.5. The van der Waals surface area contributed by atoms with Crippen molar-refractivity contribution in [2.75, 3.05) is 6.54 Å². The predicted molar refractivity (Wildman–Crippen MR) is 68.8 cm³/mol. The fraction of sp³-hybridized carbons (Fsp3) is 0.917. The highest BCUT2D eigenvalue weighted by Gasteiger charge is 2.31. The highest BCUT2D eigenvalue weighted by molar-refractivity contribution is 6.53. The fourth-order valence-electron chi connectivity index (χ4n) is 2.88. The molecule has 1 saturated carbocycles. The van der Waals surface area contributed by atoms with E-state index < -0.39 is 4.84 Å². The quantitative estimate of drug-likeness (QED) is 0.716. The van der Waals surface area contributed by atoms with Crippen molar-refractivity contribution in [1.29, 1.82) is 0 Å². The Labute approximate surface area is 108 Å². The van der Waals surface area contributed by atoms with Gasteiger partial charge in [-0.05, 0) is 38.0 Å². The minimum atomic E-state index is -0.924. The van der Waals surface area contributed by atoms with E-state index in [1.54, 1.807) is 0 Å². The van der Waals surface area contributed by atoms with Gasteiger partial charge in [0.05, 0.1) is 0 Å². The summed E-state index contributed by atoms with van der Waals surface area (Å²) in [7, 11) is 0. The van der Waals surface area contributed by atoms with Crippen LogP contribution in [0, 0.1) is 11.8 Å². The molecule has 0 N–H and O–H groups in total. The van der Waals surface area contributed by atoms with Crippen LogP contribution in [0.15, 0.2) is 0 Å². The van der Waals surface area contributed by atoms with Crippen molar-refractivity contribution in [1.82, 2.24) is 4.90 Å². The molecule has 0 bridgehead atoms. The molecule has 1 aliphatic rings. The lowest BCUT2D eigenvalue weighted by Crippen LogP contribution is -2.46. The van der Waals surface area contributed by atoms with E-state index in [0.29, 0.717) is 24.4 Å². The molecule has 0 heterocycles. The molecule has 2 unspecified atom stereocenters. The molecule has 1 amide bonds. The molecule has 0 aromatic rings. The van der Waals surface area contributed by atoms with Crippen LogP contribution in [0.3, 0.4) is 0 Å². The first-order chi connectivity index (χ1) is 7.45. The SMILES string of the molecule is CCN(C(=O)C(Cl)Cl)C1CC(C)CC(C)C1. The predicted octanol–water partition coefficient (Wildman–Crippen LogP) is 3.46. The van der Waals surface area contributed by atoms with E-state index in [0.717, 1.165) is 12.8 Å². The van der Waals surface area contributed by atoms with E-state index in [-0.39, 0.29) is 5.91 Å². The molecule has 16 heavy (non-hydrogen) atoms. The average Bonchev–Trinajstić information content (AvgIpc) is 2.16. The van der Waals surface area contributed by atoms with Crippen molar-refractivity contribution in [3.05, 3.63) is 0 Å². The molecule has 0 radical (unpaired) electrons. The van der Waals surface area contributed by atoms with Crippen LogP contribution in [0.1, 0.15) is 40.0 Å². The van der Waals surface area contributed by atoms with E-state index in [1.165, 1.54) is 6.42 Å². The Morgan fingerprint density at radius 1 is 1.25 bits per heavy atom. The zero-order valence-electron chi connectivity index (χ0n) is 10.2. The third kappa shape index (κ3) is 3.53. The lowest BCUT2D eigenvalue weighted by atomic mass is 9.80. The van der Waals surface area contributed by atoms with Gasteiger partial charge in [0, 0.05) is 12.6 Å². The lowest BCUT2D eigenvalue weighted by molar-refractivity contribution is -0.132. The second-order valence-corrected chi connectivity index (χ2v) is 6.09. The largest absolute Gasteiger partial charge is 0.338 e. The van der Waals surface area contributed by atoms with Gasteiger partial charge in [-0.15, -0.1) is 0 Å². The molecular weight excluding hydrogens is 245 g/mol. The van der Waals surface area contributed by atoms with Crippen LogP contribution in [0.25, 0.3) is 0 Å². The maximum absolute atomic E-state index is 11.8. The highest BCUT2D eigenvalue weighted by atomic mass is 35.5. The topological polar surface area (TPSA) is 20.3 Å². The Morgan fingerprint density at radius 2 is 1.75 bits per heavy atom. The van der Waals surface area contributed by atoms with E-state index >= 15 is 0 Å². The first-order valence-corrected chi connectivity index (χ1v) is 6.91. The van der Waals surface area contributed by atoms with Gasteiger partial charge >= 0.3 is 0 Å². The monoisotopic (exact) mass is 265 g/mol. The molecule has 0 aromatic heterocycles. The summed E-state index contributed by atoms with van der Waals surface area (Å²) in [6.07, 6.45) is 3.41. The van der Waals surface area contributed by atoms with Crippen molar-refractivity contribution < 1.29 is 4.79 Å². The van der Waals surface area contributed by atoms with Gasteiger partial charge in [-0.25, -0.2) is 0 Å². The van der Waals surface area contributed by atoms with Crippen LogP contribution >= 0.6 is 23.2 Å². The third-order valence-corrected chi connectivity index (χ3v) is 3.78. The average molecular weight is 266 g/mol. The summed E-state index contributed by atoms with van der Waals surface area (Å²) in [6.45, 7) is 7.18. The molecule has 2 atom stereocenters. The second-order valence-electron chi connectivity index (χ2n) is 5.00. The van der Waals surface area contributed by atoms with Crippen molar-refractivity contribution in [3.8, 4) is 0 Å². The van der Waals surface area contributed by atoms with Crippen LogP contribution < -0.4 is 0 Å². The molecular formula is C12H21Cl2NO. The minimum Gasteiger partial charge on any atom is -0.338 e. The van der Waals surface area contributed by atoms with Gasteiger partial charge in [0.25, 0.3) is 5.91 Å². The first-order valence-electron chi connectivity index (χ1n) is 6.04. The number of halogens is 2. The Morgan fingerprint density at radius 3 is 2.12 bits per heavy atom. The summed E-state index contributed by atoms with van der Waals surface area (Å²) < 4.78 is 0. The van der Waals surface area contributed by atoms with Crippen LogP contribution in [-0.4, -0.2) is 28.2 Å². The number of rotatable bonds is 3. The third-order valence-electron chi connectivity index (χ3n) is 3.40. The fourth-order valence-corrected chi connectivity index (χ4v) is 3.13. The van der Waals surface area contributed by atoms with Gasteiger partial charge in [-0.1, -0.05) is 37.0 Å². The van der Waals surface area contributed by atoms with Crippen molar-refractivity contribution in [3.63, 3.8) is 0 Å². The van der Waals surface area contributed by atoms with Crippen molar-refractivity contribution >= 4 is 29.1 Å². The zero-order valence-corrected chi connectivity index (χ0v) is 11.8. The van der Waals surface area contributed by atoms with Gasteiger partial charge in [-0.3, -0.25) is 4.79 Å². The summed E-state index contributed by atoms with van der Waals surface area (Å²) >= 11 is 11.3. The van der Waals surface area contributed by atoms with Crippen LogP contribution in [-0.2, 0) is 4.79 Å². The Hall–Kier alpha value is 0.0500. The lowest BCUT2D eigenvalue weighted by Gasteiger charge is -2.39.